The number of carbonyl (C=O) groups is 2. The summed E-state index contributed by atoms with van der Waals surface area (Å²) in [4.78, 5) is 25.8. The molecular formula is C13H14FN3O2. The monoisotopic (exact) mass is 263 g/mol. The van der Waals surface area contributed by atoms with Crippen LogP contribution < -0.4 is 10.2 Å². The number of nitrogens with one attached hydrogen (secondary N) is 1. The van der Waals surface area contributed by atoms with E-state index in [1.54, 1.807) is 17.0 Å². The summed E-state index contributed by atoms with van der Waals surface area (Å²) in [6, 6.07) is 4.52. The SMILES string of the molecule is O=Cc1ccc(N2CCN3C(=O)NCC3C2)c(F)c1. The Balaban J connectivity index is 1.80. The third-order valence-corrected chi connectivity index (χ3v) is 3.68. The van der Waals surface area contributed by atoms with Crippen LogP contribution in [0.15, 0.2) is 18.2 Å². The molecule has 3 rings (SSSR count). The number of nitrogens with zero attached hydrogens (tertiary/aromatic N) is 2. The zero-order chi connectivity index (χ0) is 13.4. The van der Waals surface area contributed by atoms with Crippen molar-refractivity contribution in [2.45, 2.75) is 6.04 Å². The Hall–Kier alpha value is -2.11. The summed E-state index contributed by atoms with van der Waals surface area (Å²) in [5.74, 6) is -0.393. The van der Waals surface area contributed by atoms with Gasteiger partial charge in [-0.05, 0) is 18.2 Å². The second kappa shape index (κ2) is 4.53. The zero-order valence-electron chi connectivity index (χ0n) is 10.3. The number of amides is 2. The number of hydrogen-bond donors (Lipinski definition) is 1. The number of halogens is 1. The van der Waals surface area contributed by atoms with Crippen molar-refractivity contribution in [1.82, 2.24) is 10.2 Å². The van der Waals surface area contributed by atoms with Gasteiger partial charge in [-0.1, -0.05) is 0 Å². The van der Waals surface area contributed by atoms with Crippen molar-refractivity contribution in [3.8, 4) is 0 Å². The molecule has 2 aliphatic heterocycles. The van der Waals surface area contributed by atoms with E-state index in [1.807, 2.05) is 4.90 Å². The molecule has 2 saturated heterocycles. The van der Waals surface area contributed by atoms with E-state index < -0.39 is 5.82 Å². The first-order valence-corrected chi connectivity index (χ1v) is 6.23. The van der Waals surface area contributed by atoms with Crippen LogP contribution in [0.4, 0.5) is 14.9 Å². The standard InChI is InChI=1S/C13H14FN3O2/c14-11-5-9(8-18)1-2-12(11)16-3-4-17-10(7-16)6-15-13(17)19/h1-2,5,8,10H,3-4,6-7H2,(H,15,19). The van der Waals surface area contributed by atoms with Crippen molar-refractivity contribution in [3.05, 3.63) is 29.6 Å². The summed E-state index contributed by atoms with van der Waals surface area (Å²) >= 11 is 0. The molecule has 0 aromatic heterocycles. The molecule has 19 heavy (non-hydrogen) atoms. The highest BCUT2D eigenvalue weighted by Crippen LogP contribution is 2.24. The summed E-state index contributed by atoms with van der Waals surface area (Å²) < 4.78 is 13.9. The van der Waals surface area contributed by atoms with E-state index >= 15 is 0 Å². The van der Waals surface area contributed by atoms with Gasteiger partial charge in [0.2, 0.25) is 0 Å². The Labute approximate surface area is 110 Å². The smallest absolute Gasteiger partial charge is 0.317 e. The minimum Gasteiger partial charge on any atom is -0.365 e. The minimum absolute atomic E-state index is 0.0403. The van der Waals surface area contributed by atoms with Gasteiger partial charge in [0.25, 0.3) is 0 Å². The zero-order valence-corrected chi connectivity index (χ0v) is 10.3. The van der Waals surface area contributed by atoms with Crippen molar-refractivity contribution in [1.29, 1.82) is 0 Å². The average molecular weight is 263 g/mol. The maximum Gasteiger partial charge on any atom is 0.317 e. The summed E-state index contributed by atoms with van der Waals surface area (Å²) in [5, 5.41) is 2.79. The lowest BCUT2D eigenvalue weighted by Gasteiger charge is -2.37. The predicted molar refractivity (Wildman–Crippen MR) is 67.9 cm³/mol. The van der Waals surface area contributed by atoms with Crippen LogP contribution in [0.25, 0.3) is 0 Å². The third-order valence-electron chi connectivity index (χ3n) is 3.68. The molecule has 2 aliphatic rings. The number of aldehydes is 1. The molecule has 6 heteroatoms. The fourth-order valence-corrected chi connectivity index (χ4v) is 2.68. The van der Waals surface area contributed by atoms with E-state index in [1.165, 1.54) is 6.07 Å². The Kier molecular flexibility index (Phi) is 2.85. The Bertz CT molecular complexity index is 535. The van der Waals surface area contributed by atoms with Gasteiger partial charge in [-0.15, -0.1) is 0 Å². The van der Waals surface area contributed by atoms with Gasteiger partial charge in [-0.25, -0.2) is 9.18 Å². The molecule has 2 fully saturated rings. The topological polar surface area (TPSA) is 52.7 Å². The highest BCUT2D eigenvalue weighted by molar-refractivity contribution is 5.78. The first-order chi connectivity index (χ1) is 9.19. The van der Waals surface area contributed by atoms with Crippen molar-refractivity contribution in [2.75, 3.05) is 31.1 Å². The van der Waals surface area contributed by atoms with E-state index in [0.29, 0.717) is 43.7 Å². The van der Waals surface area contributed by atoms with Crippen LogP contribution in [0.5, 0.6) is 0 Å². The molecule has 2 heterocycles. The average Bonchev–Trinajstić information content (AvgIpc) is 2.79. The van der Waals surface area contributed by atoms with Gasteiger partial charge in [0.1, 0.15) is 12.1 Å². The maximum absolute atomic E-state index is 13.9. The molecule has 5 nitrogen and oxygen atoms in total. The molecular weight excluding hydrogens is 249 g/mol. The molecule has 100 valence electrons. The van der Waals surface area contributed by atoms with Gasteiger partial charge < -0.3 is 15.1 Å². The number of benzene rings is 1. The second-order valence-electron chi connectivity index (χ2n) is 4.81. The maximum atomic E-state index is 13.9. The van der Waals surface area contributed by atoms with Crippen LogP contribution in [-0.2, 0) is 0 Å². The fourth-order valence-electron chi connectivity index (χ4n) is 2.68. The fraction of sp³-hybridized carbons (Fsp3) is 0.385. The molecule has 1 aromatic rings. The highest BCUT2D eigenvalue weighted by atomic mass is 19.1. The molecule has 0 bridgehead atoms. The Morgan fingerprint density at radius 3 is 2.95 bits per heavy atom. The molecule has 0 radical (unpaired) electrons. The lowest BCUT2D eigenvalue weighted by atomic mass is 10.1. The molecule has 1 unspecified atom stereocenters. The Morgan fingerprint density at radius 2 is 2.21 bits per heavy atom. The molecule has 1 aromatic carbocycles. The summed E-state index contributed by atoms with van der Waals surface area (Å²) in [6.45, 7) is 2.39. The molecule has 1 atom stereocenters. The molecule has 0 aliphatic carbocycles. The van der Waals surface area contributed by atoms with Crippen molar-refractivity contribution in [2.24, 2.45) is 0 Å². The lowest BCUT2D eigenvalue weighted by Crippen LogP contribution is -2.52. The van der Waals surface area contributed by atoms with Crippen LogP contribution in [0.2, 0.25) is 0 Å². The number of piperazine rings is 1. The summed E-state index contributed by atoms with van der Waals surface area (Å²) in [7, 11) is 0. The van der Waals surface area contributed by atoms with Gasteiger partial charge in [0.05, 0.1) is 11.7 Å². The number of carbonyl (C=O) groups excluding carboxylic acids is 2. The van der Waals surface area contributed by atoms with Gasteiger partial charge in [-0.3, -0.25) is 4.79 Å². The van der Waals surface area contributed by atoms with E-state index in [4.69, 9.17) is 0 Å². The van der Waals surface area contributed by atoms with E-state index in [9.17, 15) is 14.0 Å². The molecule has 0 saturated carbocycles. The molecule has 1 N–H and O–H groups in total. The van der Waals surface area contributed by atoms with E-state index in [2.05, 4.69) is 5.32 Å². The van der Waals surface area contributed by atoms with E-state index in [-0.39, 0.29) is 12.1 Å². The quantitative estimate of drug-likeness (QED) is 0.805. The number of anilines is 1. The van der Waals surface area contributed by atoms with Gasteiger partial charge >= 0.3 is 6.03 Å². The van der Waals surface area contributed by atoms with Crippen LogP contribution in [-0.4, -0.2) is 49.4 Å². The van der Waals surface area contributed by atoms with Crippen molar-refractivity contribution < 1.29 is 14.0 Å². The normalized spacial score (nSPS) is 22.2. The van der Waals surface area contributed by atoms with Crippen LogP contribution in [0, 0.1) is 5.82 Å². The van der Waals surface area contributed by atoms with Crippen molar-refractivity contribution >= 4 is 18.0 Å². The largest absolute Gasteiger partial charge is 0.365 e. The number of hydrogen-bond acceptors (Lipinski definition) is 3. The predicted octanol–water partition coefficient (Wildman–Crippen LogP) is 0.852. The Morgan fingerprint density at radius 1 is 1.37 bits per heavy atom. The molecule has 0 spiro atoms. The number of rotatable bonds is 2. The van der Waals surface area contributed by atoms with Crippen LogP contribution in [0.1, 0.15) is 10.4 Å². The second-order valence-corrected chi connectivity index (χ2v) is 4.81. The van der Waals surface area contributed by atoms with Gasteiger partial charge in [0, 0.05) is 31.7 Å². The van der Waals surface area contributed by atoms with Gasteiger partial charge in [-0.2, -0.15) is 0 Å². The number of fused-ring (bicyclic) bond motifs is 1. The summed E-state index contributed by atoms with van der Waals surface area (Å²) in [6.07, 6.45) is 0.629. The van der Waals surface area contributed by atoms with Crippen molar-refractivity contribution in [3.63, 3.8) is 0 Å². The minimum atomic E-state index is -0.393. The van der Waals surface area contributed by atoms with E-state index in [0.717, 1.165) is 0 Å². The van der Waals surface area contributed by atoms with Crippen LogP contribution in [0.3, 0.4) is 0 Å². The summed E-state index contributed by atoms with van der Waals surface area (Å²) in [5.41, 5.74) is 0.821. The lowest BCUT2D eigenvalue weighted by molar-refractivity contribution is 0.112. The first kappa shape index (κ1) is 12.0. The van der Waals surface area contributed by atoms with Crippen LogP contribution >= 0.6 is 0 Å². The highest BCUT2D eigenvalue weighted by Gasteiger charge is 2.35. The molecule has 2 amide bonds. The first-order valence-electron chi connectivity index (χ1n) is 6.23. The third kappa shape index (κ3) is 2.03. The van der Waals surface area contributed by atoms with Gasteiger partial charge in [0.15, 0.2) is 0 Å². The number of urea groups is 1.